The summed E-state index contributed by atoms with van der Waals surface area (Å²) in [4.78, 5) is 30.7. The van der Waals surface area contributed by atoms with Crippen molar-refractivity contribution < 1.29 is 9.59 Å². The molecule has 0 saturated carbocycles. The number of rotatable bonds is 8. The first kappa shape index (κ1) is 22.8. The number of hydrogen-bond donors (Lipinski definition) is 1. The van der Waals surface area contributed by atoms with Gasteiger partial charge in [-0.15, -0.1) is 0 Å². The number of primary amides is 1. The minimum Gasteiger partial charge on any atom is -0.369 e. The van der Waals surface area contributed by atoms with Crippen LogP contribution in [0.3, 0.4) is 0 Å². The van der Waals surface area contributed by atoms with Gasteiger partial charge in [0.15, 0.2) is 0 Å². The molecule has 2 amide bonds. The predicted molar refractivity (Wildman–Crippen MR) is 120 cm³/mol. The third kappa shape index (κ3) is 6.54. The van der Waals surface area contributed by atoms with E-state index >= 15 is 0 Å². The van der Waals surface area contributed by atoms with E-state index in [0.717, 1.165) is 58.5 Å². The van der Waals surface area contributed by atoms with Gasteiger partial charge in [0, 0.05) is 32.6 Å². The van der Waals surface area contributed by atoms with Crippen LogP contribution < -0.4 is 5.73 Å². The molecule has 0 aliphatic carbocycles. The average Bonchev–Trinajstić information content (AvgIpc) is 2.74. The monoisotopic (exact) mass is 414 g/mol. The Morgan fingerprint density at radius 2 is 1.83 bits per heavy atom. The molecule has 2 N–H and O–H groups in total. The quantitative estimate of drug-likeness (QED) is 0.705. The molecule has 0 spiro atoms. The summed E-state index contributed by atoms with van der Waals surface area (Å²) in [7, 11) is 1.94. The van der Waals surface area contributed by atoms with E-state index in [1.165, 1.54) is 24.0 Å². The lowest BCUT2D eigenvalue weighted by Crippen LogP contribution is -2.46. The summed E-state index contributed by atoms with van der Waals surface area (Å²) < 4.78 is 0. The number of benzene rings is 1. The van der Waals surface area contributed by atoms with Crippen molar-refractivity contribution in [2.75, 3.05) is 52.9 Å². The molecule has 30 heavy (non-hydrogen) atoms. The van der Waals surface area contributed by atoms with Crippen LogP contribution in [0.25, 0.3) is 0 Å². The van der Waals surface area contributed by atoms with Crippen molar-refractivity contribution in [3.8, 4) is 0 Å². The average molecular weight is 415 g/mol. The van der Waals surface area contributed by atoms with Gasteiger partial charge in [-0.25, -0.2) is 0 Å². The van der Waals surface area contributed by atoms with E-state index in [4.69, 9.17) is 5.73 Å². The summed E-state index contributed by atoms with van der Waals surface area (Å²) in [5.74, 6) is 0.499. The van der Waals surface area contributed by atoms with Gasteiger partial charge in [0.2, 0.25) is 11.8 Å². The van der Waals surface area contributed by atoms with Gasteiger partial charge in [0.25, 0.3) is 0 Å². The van der Waals surface area contributed by atoms with Crippen molar-refractivity contribution in [1.82, 2.24) is 14.7 Å². The molecule has 0 bridgehead atoms. The molecule has 1 aromatic rings. The van der Waals surface area contributed by atoms with Crippen LogP contribution in [-0.2, 0) is 16.0 Å². The van der Waals surface area contributed by atoms with Crippen LogP contribution in [0.5, 0.6) is 0 Å². The normalized spacial score (nSPS) is 21.5. The highest BCUT2D eigenvalue weighted by atomic mass is 16.2. The van der Waals surface area contributed by atoms with Crippen LogP contribution in [0.4, 0.5) is 0 Å². The lowest BCUT2D eigenvalue weighted by molar-refractivity contribution is -0.132. The van der Waals surface area contributed by atoms with Gasteiger partial charge in [-0.05, 0) is 75.7 Å². The third-order valence-electron chi connectivity index (χ3n) is 6.87. The smallest absolute Gasteiger partial charge is 0.236 e. The number of nitrogens with zero attached hydrogens (tertiary/aromatic N) is 3. The number of piperidine rings is 2. The zero-order valence-electron chi connectivity index (χ0n) is 18.7. The van der Waals surface area contributed by atoms with Crippen molar-refractivity contribution in [2.45, 2.75) is 39.0 Å². The van der Waals surface area contributed by atoms with Crippen LogP contribution in [0.2, 0.25) is 0 Å². The highest BCUT2D eigenvalue weighted by Crippen LogP contribution is 2.20. The van der Waals surface area contributed by atoms with E-state index in [0.29, 0.717) is 12.5 Å². The molecular weight excluding hydrogens is 376 g/mol. The minimum absolute atomic E-state index is 0.0259. The number of amides is 2. The molecule has 0 aromatic heterocycles. The highest BCUT2D eigenvalue weighted by Gasteiger charge is 2.26. The van der Waals surface area contributed by atoms with Gasteiger partial charge < -0.3 is 15.5 Å². The number of carbonyl (C=O) groups is 2. The number of likely N-dealkylation sites (N-methyl/N-ethyl adjacent to an activating group) is 1. The van der Waals surface area contributed by atoms with E-state index in [1.807, 2.05) is 11.9 Å². The lowest BCUT2D eigenvalue weighted by atomic mass is 9.96. The van der Waals surface area contributed by atoms with Crippen LogP contribution in [0, 0.1) is 18.8 Å². The first-order valence-electron chi connectivity index (χ1n) is 11.4. The van der Waals surface area contributed by atoms with Gasteiger partial charge in [-0.2, -0.15) is 0 Å². The number of nitrogens with two attached hydrogens (primary N) is 1. The zero-order valence-corrected chi connectivity index (χ0v) is 18.7. The molecule has 2 aliphatic rings. The molecular formula is C24H38N4O2. The Bertz CT molecular complexity index is 715. The Kier molecular flexibility index (Phi) is 8.28. The molecule has 1 aromatic carbocycles. The number of likely N-dealkylation sites (tertiary alicyclic amines) is 2. The lowest BCUT2D eigenvalue weighted by Gasteiger charge is -2.36. The second-order valence-corrected chi connectivity index (χ2v) is 9.21. The summed E-state index contributed by atoms with van der Waals surface area (Å²) in [6.07, 6.45) is 5.04. The summed E-state index contributed by atoms with van der Waals surface area (Å²) in [5, 5.41) is 0. The maximum atomic E-state index is 12.7. The van der Waals surface area contributed by atoms with Crippen LogP contribution in [0.1, 0.15) is 36.8 Å². The number of aryl methyl sites for hydroxylation is 1. The number of hydrogen-bond acceptors (Lipinski definition) is 4. The molecule has 2 saturated heterocycles. The van der Waals surface area contributed by atoms with Crippen molar-refractivity contribution in [3.63, 3.8) is 0 Å². The van der Waals surface area contributed by atoms with E-state index in [-0.39, 0.29) is 17.7 Å². The Morgan fingerprint density at radius 3 is 2.53 bits per heavy atom. The number of carbonyl (C=O) groups excluding carboxylic acids is 2. The molecule has 2 heterocycles. The Hall–Kier alpha value is -1.92. The summed E-state index contributed by atoms with van der Waals surface area (Å²) in [5.41, 5.74) is 8.21. The summed E-state index contributed by atoms with van der Waals surface area (Å²) in [6, 6.07) is 8.64. The second-order valence-electron chi connectivity index (χ2n) is 9.21. The van der Waals surface area contributed by atoms with Gasteiger partial charge in [0.1, 0.15) is 0 Å². The topological polar surface area (TPSA) is 69.9 Å². The largest absolute Gasteiger partial charge is 0.369 e. The van der Waals surface area contributed by atoms with Crippen molar-refractivity contribution >= 4 is 11.8 Å². The summed E-state index contributed by atoms with van der Waals surface area (Å²) >= 11 is 0. The molecule has 6 nitrogen and oxygen atoms in total. The Balaban J connectivity index is 1.40. The fraction of sp³-hybridized carbons (Fsp3) is 0.667. The molecule has 3 rings (SSSR count). The maximum Gasteiger partial charge on any atom is 0.236 e. The Labute approximate surface area is 181 Å². The van der Waals surface area contributed by atoms with E-state index in [9.17, 15) is 9.59 Å². The SMILES string of the molecule is Cc1ccccc1CCN1CCC[C@H](CN(C)C(=O)CN2CCC(C(N)=O)CC2)C1. The standard InChI is InChI=1S/C24H38N4O2/c1-19-6-3-4-8-21(19)9-13-27-12-5-7-20(17-27)16-26(2)23(29)18-28-14-10-22(11-15-28)24(25)30/h3-4,6,8,20,22H,5,7,9-18H2,1-2H3,(H2,25,30)/t20-/m1/s1. The first-order chi connectivity index (χ1) is 14.4. The molecule has 1 atom stereocenters. The Morgan fingerprint density at radius 1 is 1.10 bits per heavy atom. The second kappa shape index (κ2) is 10.9. The van der Waals surface area contributed by atoms with Crippen LogP contribution in [-0.4, -0.2) is 79.4 Å². The molecule has 2 fully saturated rings. The maximum absolute atomic E-state index is 12.7. The van der Waals surface area contributed by atoms with Gasteiger partial charge >= 0.3 is 0 Å². The van der Waals surface area contributed by atoms with E-state index in [1.54, 1.807) is 0 Å². The third-order valence-corrected chi connectivity index (χ3v) is 6.87. The summed E-state index contributed by atoms with van der Waals surface area (Å²) in [6.45, 7) is 8.36. The van der Waals surface area contributed by atoms with E-state index in [2.05, 4.69) is 41.0 Å². The first-order valence-corrected chi connectivity index (χ1v) is 11.4. The van der Waals surface area contributed by atoms with Gasteiger partial charge in [0.05, 0.1) is 6.54 Å². The van der Waals surface area contributed by atoms with Crippen LogP contribution in [0.15, 0.2) is 24.3 Å². The van der Waals surface area contributed by atoms with Crippen molar-refractivity contribution in [3.05, 3.63) is 35.4 Å². The highest BCUT2D eigenvalue weighted by molar-refractivity contribution is 5.78. The molecule has 6 heteroatoms. The van der Waals surface area contributed by atoms with Gasteiger partial charge in [-0.3, -0.25) is 14.5 Å². The molecule has 0 unspecified atom stereocenters. The van der Waals surface area contributed by atoms with Gasteiger partial charge in [-0.1, -0.05) is 24.3 Å². The van der Waals surface area contributed by atoms with Crippen LogP contribution >= 0.6 is 0 Å². The predicted octanol–water partition coefficient (Wildman–Crippen LogP) is 1.91. The van der Waals surface area contributed by atoms with Crippen molar-refractivity contribution in [2.24, 2.45) is 17.6 Å². The van der Waals surface area contributed by atoms with E-state index < -0.39 is 0 Å². The molecule has 2 aliphatic heterocycles. The molecule has 0 radical (unpaired) electrons. The minimum atomic E-state index is -0.206. The molecule has 166 valence electrons. The zero-order chi connectivity index (χ0) is 21.5. The van der Waals surface area contributed by atoms with Crippen molar-refractivity contribution in [1.29, 1.82) is 0 Å². The fourth-order valence-corrected chi connectivity index (χ4v) is 4.85. The fourth-order valence-electron chi connectivity index (χ4n) is 4.85.